The van der Waals surface area contributed by atoms with Gasteiger partial charge in [0.25, 0.3) is 0 Å². The molecule has 0 amide bonds. The minimum Gasteiger partial charge on any atom is -0.392 e. The van der Waals surface area contributed by atoms with E-state index in [4.69, 9.17) is 5.26 Å². The first kappa shape index (κ1) is 14.4. The van der Waals surface area contributed by atoms with Crippen LogP contribution in [0.25, 0.3) is 0 Å². The first-order valence-electron chi connectivity index (χ1n) is 5.69. The SMILES string of the molecule is CC(C)C(O)CNCCCC(C)(C)C#N. The molecule has 3 heteroatoms. The molecule has 3 nitrogen and oxygen atoms in total. The van der Waals surface area contributed by atoms with Crippen LogP contribution >= 0.6 is 0 Å². The Labute approximate surface area is 93.5 Å². The van der Waals surface area contributed by atoms with Crippen molar-refractivity contribution in [3.05, 3.63) is 0 Å². The minimum absolute atomic E-state index is 0.224. The van der Waals surface area contributed by atoms with Gasteiger partial charge in [-0.2, -0.15) is 5.26 Å². The minimum atomic E-state index is -0.269. The fraction of sp³-hybridized carbons (Fsp3) is 0.917. The zero-order valence-electron chi connectivity index (χ0n) is 10.4. The molecule has 0 aromatic rings. The van der Waals surface area contributed by atoms with Crippen molar-refractivity contribution in [1.29, 1.82) is 5.26 Å². The third kappa shape index (κ3) is 7.35. The van der Waals surface area contributed by atoms with Crippen molar-refractivity contribution in [3.63, 3.8) is 0 Å². The summed E-state index contributed by atoms with van der Waals surface area (Å²) in [6.45, 7) is 9.43. The van der Waals surface area contributed by atoms with Gasteiger partial charge < -0.3 is 10.4 Å². The molecule has 0 spiro atoms. The van der Waals surface area contributed by atoms with Gasteiger partial charge in [-0.05, 0) is 39.2 Å². The molecular weight excluding hydrogens is 188 g/mol. The number of hydrogen-bond donors (Lipinski definition) is 2. The molecule has 0 aliphatic carbocycles. The monoisotopic (exact) mass is 212 g/mol. The predicted molar refractivity (Wildman–Crippen MR) is 62.3 cm³/mol. The fourth-order valence-electron chi connectivity index (χ4n) is 1.20. The first-order chi connectivity index (χ1) is 6.89. The van der Waals surface area contributed by atoms with Crippen LogP contribution in [0.15, 0.2) is 0 Å². The molecule has 0 saturated heterocycles. The molecule has 2 N–H and O–H groups in total. The van der Waals surface area contributed by atoms with Gasteiger partial charge in [0, 0.05) is 6.54 Å². The van der Waals surface area contributed by atoms with E-state index in [1.54, 1.807) is 0 Å². The average molecular weight is 212 g/mol. The van der Waals surface area contributed by atoms with Gasteiger partial charge >= 0.3 is 0 Å². The van der Waals surface area contributed by atoms with Crippen LogP contribution in [0.1, 0.15) is 40.5 Å². The van der Waals surface area contributed by atoms with Gasteiger partial charge in [0.1, 0.15) is 0 Å². The van der Waals surface area contributed by atoms with Crippen molar-refractivity contribution >= 4 is 0 Å². The number of aliphatic hydroxyl groups is 1. The summed E-state index contributed by atoms with van der Waals surface area (Å²) < 4.78 is 0. The smallest absolute Gasteiger partial charge is 0.0687 e. The van der Waals surface area contributed by atoms with E-state index in [-0.39, 0.29) is 11.5 Å². The van der Waals surface area contributed by atoms with Crippen LogP contribution in [-0.4, -0.2) is 24.3 Å². The second-order valence-electron chi connectivity index (χ2n) is 5.11. The van der Waals surface area contributed by atoms with Gasteiger partial charge in [-0.1, -0.05) is 13.8 Å². The van der Waals surface area contributed by atoms with Gasteiger partial charge in [0.2, 0.25) is 0 Å². The topological polar surface area (TPSA) is 56.0 Å². The lowest BCUT2D eigenvalue weighted by Gasteiger charge is -2.17. The van der Waals surface area contributed by atoms with Gasteiger partial charge in [0.05, 0.1) is 17.6 Å². The zero-order chi connectivity index (χ0) is 11.9. The molecule has 0 heterocycles. The molecule has 0 rings (SSSR count). The van der Waals surface area contributed by atoms with Crippen LogP contribution in [0.4, 0.5) is 0 Å². The number of nitrogens with zero attached hydrogens (tertiary/aromatic N) is 1. The van der Waals surface area contributed by atoms with Gasteiger partial charge in [-0.25, -0.2) is 0 Å². The molecule has 1 unspecified atom stereocenters. The molecule has 0 aliphatic heterocycles. The van der Waals surface area contributed by atoms with Crippen molar-refractivity contribution in [2.45, 2.75) is 46.6 Å². The Bertz CT molecular complexity index is 206. The Morgan fingerprint density at radius 2 is 2.00 bits per heavy atom. The number of aliphatic hydroxyl groups excluding tert-OH is 1. The summed E-state index contributed by atoms with van der Waals surface area (Å²) in [5, 5.41) is 21.5. The first-order valence-corrected chi connectivity index (χ1v) is 5.69. The second kappa shape index (κ2) is 6.81. The molecule has 0 aromatic heterocycles. The van der Waals surface area contributed by atoms with Gasteiger partial charge in [0.15, 0.2) is 0 Å². The third-order valence-electron chi connectivity index (χ3n) is 2.58. The molecule has 0 aromatic carbocycles. The van der Waals surface area contributed by atoms with Crippen molar-refractivity contribution in [3.8, 4) is 6.07 Å². The molecule has 0 saturated carbocycles. The van der Waals surface area contributed by atoms with E-state index in [2.05, 4.69) is 11.4 Å². The third-order valence-corrected chi connectivity index (χ3v) is 2.58. The van der Waals surface area contributed by atoms with Crippen molar-refractivity contribution in [1.82, 2.24) is 5.32 Å². The normalized spacial score (nSPS) is 13.9. The van der Waals surface area contributed by atoms with Crippen LogP contribution in [0.2, 0.25) is 0 Å². The fourth-order valence-corrected chi connectivity index (χ4v) is 1.20. The van der Waals surface area contributed by atoms with Crippen molar-refractivity contribution < 1.29 is 5.11 Å². The lowest BCUT2D eigenvalue weighted by Crippen LogP contribution is -2.31. The average Bonchev–Trinajstić information content (AvgIpc) is 2.16. The largest absolute Gasteiger partial charge is 0.392 e. The maximum Gasteiger partial charge on any atom is 0.0687 e. The standard InChI is InChI=1S/C12H24N2O/c1-10(2)11(15)8-14-7-5-6-12(3,4)9-13/h10-11,14-15H,5-8H2,1-4H3. The summed E-state index contributed by atoms with van der Waals surface area (Å²) in [4.78, 5) is 0. The number of hydrogen-bond acceptors (Lipinski definition) is 3. The zero-order valence-corrected chi connectivity index (χ0v) is 10.4. The lowest BCUT2D eigenvalue weighted by atomic mass is 9.90. The summed E-state index contributed by atoms with van der Waals surface area (Å²) in [6, 6.07) is 2.28. The number of rotatable bonds is 7. The molecule has 0 radical (unpaired) electrons. The molecule has 15 heavy (non-hydrogen) atoms. The summed E-state index contributed by atoms with van der Waals surface area (Å²) in [7, 11) is 0. The van der Waals surface area contributed by atoms with E-state index in [0.717, 1.165) is 19.4 Å². The van der Waals surface area contributed by atoms with E-state index < -0.39 is 0 Å². The van der Waals surface area contributed by atoms with E-state index in [1.165, 1.54) is 0 Å². The highest BCUT2D eigenvalue weighted by atomic mass is 16.3. The Kier molecular flexibility index (Phi) is 6.55. The highest BCUT2D eigenvalue weighted by Crippen LogP contribution is 2.19. The van der Waals surface area contributed by atoms with E-state index >= 15 is 0 Å². The molecule has 0 bridgehead atoms. The molecular formula is C12H24N2O. The van der Waals surface area contributed by atoms with Crippen molar-refractivity contribution in [2.24, 2.45) is 11.3 Å². The van der Waals surface area contributed by atoms with Gasteiger partial charge in [-0.3, -0.25) is 0 Å². The summed E-state index contributed by atoms with van der Waals surface area (Å²) in [5.74, 6) is 0.299. The Balaban J connectivity index is 3.45. The highest BCUT2D eigenvalue weighted by Gasteiger charge is 2.15. The maximum atomic E-state index is 9.52. The van der Waals surface area contributed by atoms with E-state index in [0.29, 0.717) is 12.5 Å². The van der Waals surface area contributed by atoms with Crippen LogP contribution < -0.4 is 5.32 Å². The van der Waals surface area contributed by atoms with E-state index in [9.17, 15) is 5.11 Å². The van der Waals surface area contributed by atoms with Crippen LogP contribution in [-0.2, 0) is 0 Å². The molecule has 1 atom stereocenters. The summed E-state index contributed by atoms with van der Waals surface area (Å²) in [6.07, 6.45) is 1.61. The van der Waals surface area contributed by atoms with Crippen LogP contribution in [0.5, 0.6) is 0 Å². The molecule has 0 fully saturated rings. The Morgan fingerprint density at radius 1 is 1.40 bits per heavy atom. The van der Waals surface area contributed by atoms with E-state index in [1.807, 2.05) is 27.7 Å². The highest BCUT2D eigenvalue weighted by molar-refractivity contribution is 4.91. The number of nitrogens with one attached hydrogen (secondary N) is 1. The van der Waals surface area contributed by atoms with Crippen LogP contribution in [0, 0.1) is 22.7 Å². The van der Waals surface area contributed by atoms with Gasteiger partial charge in [-0.15, -0.1) is 0 Å². The predicted octanol–water partition coefficient (Wildman–Crippen LogP) is 1.92. The van der Waals surface area contributed by atoms with Crippen LogP contribution in [0.3, 0.4) is 0 Å². The maximum absolute atomic E-state index is 9.52. The Morgan fingerprint density at radius 3 is 2.47 bits per heavy atom. The lowest BCUT2D eigenvalue weighted by molar-refractivity contribution is 0.123. The summed E-state index contributed by atoms with van der Waals surface area (Å²) in [5.41, 5.74) is -0.224. The van der Waals surface area contributed by atoms with Crippen molar-refractivity contribution in [2.75, 3.05) is 13.1 Å². The second-order valence-corrected chi connectivity index (χ2v) is 5.11. The quantitative estimate of drug-likeness (QED) is 0.634. The Hall–Kier alpha value is -0.590. The number of nitriles is 1. The summed E-state index contributed by atoms with van der Waals surface area (Å²) >= 11 is 0. The molecule has 88 valence electrons. The molecule has 0 aliphatic rings.